The molecule has 0 atom stereocenters. The molecule has 0 saturated carbocycles. The van der Waals surface area contributed by atoms with Gasteiger partial charge < -0.3 is 4.74 Å². The van der Waals surface area contributed by atoms with Gasteiger partial charge in [0.15, 0.2) is 0 Å². The summed E-state index contributed by atoms with van der Waals surface area (Å²) in [4.78, 5) is 16.6. The molecule has 4 rings (SSSR count). The lowest BCUT2D eigenvalue weighted by Gasteiger charge is -2.10. The molecule has 0 radical (unpaired) electrons. The van der Waals surface area contributed by atoms with E-state index in [1.165, 1.54) is 12.7 Å². The predicted octanol–water partition coefficient (Wildman–Crippen LogP) is 5.67. The van der Waals surface area contributed by atoms with Crippen LogP contribution in [-0.2, 0) is 4.74 Å². The van der Waals surface area contributed by atoms with Crippen molar-refractivity contribution in [2.75, 3.05) is 18.7 Å². The number of anilines is 1. The van der Waals surface area contributed by atoms with Crippen LogP contribution in [0.1, 0.15) is 11.3 Å². The summed E-state index contributed by atoms with van der Waals surface area (Å²) in [6, 6.07) is 16.3. The molecule has 0 bridgehead atoms. The Balaban J connectivity index is 2.02. The topological polar surface area (TPSA) is 55.6 Å². The summed E-state index contributed by atoms with van der Waals surface area (Å²) in [6.45, 7) is 4.20. The number of nitrogens with zero attached hydrogens (tertiary/aromatic N) is 2. The van der Waals surface area contributed by atoms with E-state index in [0.717, 1.165) is 38.4 Å². The number of amides is 1. The molecule has 2 aromatic carbocycles. The number of imidazole rings is 1. The summed E-state index contributed by atoms with van der Waals surface area (Å²) in [5.74, 6) is 0. The Labute approximate surface area is 167 Å². The zero-order valence-electron chi connectivity index (χ0n) is 16.2. The van der Waals surface area contributed by atoms with Gasteiger partial charge in [-0.2, -0.15) is 0 Å². The van der Waals surface area contributed by atoms with E-state index in [2.05, 4.69) is 48.0 Å². The molecule has 28 heavy (non-hydrogen) atoms. The van der Waals surface area contributed by atoms with E-state index in [0.29, 0.717) is 5.69 Å². The van der Waals surface area contributed by atoms with Crippen molar-refractivity contribution in [2.24, 2.45) is 0 Å². The zero-order valence-corrected chi connectivity index (χ0v) is 17.1. The number of carbonyl (C=O) groups excluding carboxylic acids is 1. The third-order valence-corrected chi connectivity index (χ3v) is 5.63. The lowest BCUT2D eigenvalue weighted by atomic mass is 10.1. The fourth-order valence-electron chi connectivity index (χ4n) is 3.53. The van der Waals surface area contributed by atoms with Crippen molar-refractivity contribution in [3.63, 3.8) is 0 Å². The fourth-order valence-corrected chi connectivity index (χ4v) is 4.29. The van der Waals surface area contributed by atoms with Gasteiger partial charge in [-0.3, -0.25) is 9.72 Å². The number of pyridine rings is 1. The van der Waals surface area contributed by atoms with Crippen LogP contribution < -0.4 is 5.32 Å². The molecule has 0 spiro atoms. The summed E-state index contributed by atoms with van der Waals surface area (Å²) in [5.41, 5.74) is 5.98. The second kappa shape index (κ2) is 7.20. The number of aryl methyl sites for hydroxylation is 2. The van der Waals surface area contributed by atoms with Gasteiger partial charge in [-0.1, -0.05) is 30.3 Å². The van der Waals surface area contributed by atoms with Crippen LogP contribution in [0, 0.1) is 13.8 Å². The molecule has 0 unspecified atom stereocenters. The molecule has 4 aromatic rings. The van der Waals surface area contributed by atoms with Gasteiger partial charge in [0.25, 0.3) is 0 Å². The number of thioether (sulfide) groups is 1. The largest absolute Gasteiger partial charge is 0.453 e. The third-order valence-electron chi connectivity index (χ3n) is 4.87. The molecule has 2 heterocycles. The quantitative estimate of drug-likeness (QED) is 0.457. The van der Waals surface area contributed by atoms with Gasteiger partial charge in [-0.05, 0) is 49.3 Å². The van der Waals surface area contributed by atoms with Crippen molar-refractivity contribution in [1.29, 1.82) is 0 Å². The number of nitrogens with one attached hydrogen (secondary N) is 1. The van der Waals surface area contributed by atoms with Gasteiger partial charge in [0.2, 0.25) is 0 Å². The molecule has 0 saturated heterocycles. The highest BCUT2D eigenvalue weighted by Gasteiger charge is 2.18. The third kappa shape index (κ3) is 2.99. The standard InChI is InChI=1S/C22H21N3O2S/c1-13-7-5-6-8-17(13)19-21(28-4)25-14(2)11-15-9-10-16(23-22(26)27-3)12-18(15)20(25)24-19/h5-12H,1-4H3,(H,23,26). The molecule has 142 valence electrons. The first kappa shape index (κ1) is 18.4. The van der Waals surface area contributed by atoms with E-state index in [-0.39, 0.29) is 0 Å². The average molecular weight is 391 g/mol. The van der Waals surface area contributed by atoms with E-state index < -0.39 is 6.09 Å². The number of ether oxygens (including phenoxy) is 1. The van der Waals surface area contributed by atoms with Gasteiger partial charge in [0.1, 0.15) is 16.4 Å². The smallest absolute Gasteiger partial charge is 0.411 e. The Morgan fingerprint density at radius 3 is 2.64 bits per heavy atom. The molecule has 0 aliphatic rings. The Morgan fingerprint density at radius 1 is 1.14 bits per heavy atom. The lowest BCUT2D eigenvalue weighted by molar-refractivity contribution is 0.187. The first-order valence-electron chi connectivity index (χ1n) is 8.94. The molecule has 5 nitrogen and oxygen atoms in total. The van der Waals surface area contributed by atoms with Crippen molar-refractivity contribution < 1.29 is 9.53 Å². The average Bonchev–Trinajstić information content (AvgIpc) is 3.09. The minimum atomic E-state index is -0.490. The summed E-state index contributed by atoms with van der Waals surface area (Å²) < 4.78 is 6.90. The number of carbonyl (C=O) groups is 1. The molecular formula is C22H21N3O2S. The van der Waals surface area contributed by atoms with E-state index in [1.807, 2.05) is 30.3 Å². The first-order valence-corrected chi connectivity index (χ1v) is 10.2. The summed E-state index contributed by atoms with van der Waals surface area (Å²) >= 11 is 1.69. The summed E-state index contributed by atoms with van der Waals surface area (Å²) in [5, 5.41) is 5.90. The van der Waals surface area contributed by atoms with Crippen molar-refractivity contribution >= 4 is 40.0 Å². The van der Waals surface area contributed by atoms with Crippen molar-refractivity contribution in [1.82, 2.24) is 9.38 Å². The maximum atomic E-state index is 11.6. The number of aromatic nitrogens is 2. The summed E-state index contributed by atoms with van der Waals surface area (Å²) in [6.07, 6.45) is 1.58. The van der Waals surface area contributed by atoms with Crippen LogP contribution in [0.15, 0.2) is 53.6 Å². The van der Waals surface area contributed by atoms with Crippen LogP contribution >= 0.6 is 11.8 Å². The Hall–Kier alpha value is -2.99. The highest BCUT2D eigenvalue weighted by molar-refractivity contribution is 7.98. The van der Waals surface area contributed by atoms with Crippen LogP contribution in [0.2, 0.25) is 0 Å². The Bertz CT molecular complexity index is 1210. The molecule has 1 N–H and O–H groups in total. The Kier molecular flexibility index (Phi) is 4.73. The summed E-state index contributed by atoms with van der Waals surface area (Å²) in [7, 11) is 1.35. The minimum absolute atomic E-state index is 0.490. The fraction of sp³-hybridized carbons (Fsp3) is 0.182. The van der Waals surface area contributed by atoms with Crippen LogP contribution in [0.25, 0.3) is 27.7 Å². The highest BCUT2D eigenvalue weighted by atomic mass is 32.2. The van der Waals surface area contributed by atoms with E-state index in [4.69, 9.17) is 9.72 Å². The second-order valence-corrected chi connectivity index (χ2v) is 7.44. The normalized spacial score (nSPS) is 11.1. The van der Waals surface area contributed by atoms with E-state index in [9.17, 15) is 4.79 Å². The minimum Gasteiger partial charge on any atom is -0.453 e. The number of hydrogen-bond acceptors (Lipinski definition) is 4. The van der Waals surface area contributed by atoms with Gasteiger partial charge in [0.05, 0.1) is 7.11 Å². The molecular weight excluding hydrogens is 370 g/mol. The van der Waals surface area contributed by atoms with Crippen LogP contribution in [0.3, 0.4) is 0 Å². The number of rotatable bonds is 3. The number of hydrogen-bond donors (Lipinski definition) is 1. The molecule has 0 aliphatic carbocycles. The van der Waals surface area contributed by atoms with E-state index >= 15 is 0 Å². The lowest BCUT2D eigenvalue weighted by Crippen LogP contribution is -2.10. The SMILES string of the molecule is COC(=O)Nc1ccc2cc(C)n3c(SC)c(-c4ccccc4C)nc3c2c1. The Morgan fingerprint density at radius 2 is 1.93 bits per heavy atom. The maximum absolute atomic E-state index is 11.6. The first-order chi connectivity index (χ1) is 13.5. The van der Waals surface area contributed by atoms with Gasteiger partial charge >= 0.3 is 6.09 Å². The second-order valence-electron chi connectivity index (χ2n) is 6.65. The van der Waals surface area contributed by atoms with Gasteiger partial charge in [0, 0.05) is 22.3 Å². The van der Waals surface area contributed by atoms with Gasteiger partial charge in [-0.15, -0.1) is 11.8 Å². The predicted molar refractivity (Wildman–Crippen MR) is 115 cm³/mol. The molecule has 1 amide bonds. The van der Waals surface area contributed by atoms with Crippen LogP contribution in [-0.4, -0.2) is 28.8 Å². The maximum Gasteiger partial charge on any atom is 0.411 e. The number of benzene rings is 2. The molecule has 2 aromatic heterocycles. The van der Waals surface area contributed by atoms with Crippen molar-refractivity contribution in [3.8, 4) is 11.3 Å². The van der Waals surface area contributed by atoms with Crippen LogP contribution in [0.4, 0.5) is 10.5 Å². The van der Waals surface area contributed by atoms with Gasteiger partial charge in [-0.25, -0.2) is 9.78 Å². The zero-order chi connectivity index (χ0) is 19.8. The van der Waals surface area contributed by atoms with E-state index in [1.54, 1.807) is 11.8 Å². The number of methoxy groups -OCH3 is 1. The van der Waals surface area contributed by atoms with Crippen molar-refractivity contribution in [2.45, 2.75) is 18.9 Å². The van der Waals surface area contributed by atoms with Crippen LogP contribution in [0.5, 0.6) is 0 Å². The highest BCUT2D eigenvalue weighted by Crippen LogP contribution is 2.36. The molecule has 6 heteroatoms. The number of fused-ring (bicyclic) bond motifs is 3. The molecule has 0 fully saturated rings. The molecule has 0 aliphatic heterocycles. The van der Waals surface area contributed by atoms with Crippen molar-refractivity contribution in [3.05, 3.63) is 59.8 Å². The monoisotopic (exact) mass is 391 g/mol.